The van der Waals surface area contributed by atoms with E-state index < -0.39 is 0 Å². The van der Waals surface area contributed by atoms with Crippen LogP contribution in [0.3, 0.4) is 0 Å². The smallest absolute Gasteiger partial charge is 0.0410 e. The van der Waals surface area contributed by atoms with Crippen LogP contribution in [0.1, 0.15) is 29.2 Å². The fourth-order valence-electron chi connectivity index (χ4n) is 2.56. The molecule has 1 N–H and O–H groups in total. The third kappa shape index (κ3) is 3.65. The van der Waals surface area contributed by atoms with Gasteiger partial charge in [0.15, 0.2) is 0 Å². The Morgan fingerprint density at radius 2 is 2.14 bits per heavy atom. The van der Waals surface area contributed by atoms with Gasteiger partial charge >= 0.3 is 0 Å². The first-order valence-corrected chi connectivity index (χ1v) is 9.20. The molecular weight excluding hydrogens is 366 g/mol. The molecule has 1 aliphatic rings. The minimum Gasteiger partial charge on any atom is -0.306 e. The third-order valence-corrected chi connectivity index (χ3v) is 6.01. The number of halogens is 2. The summed E-state index contributed by atoms with van der Waals surface area (Å²) in [4.78, 5) is 1.35. The average molecular weight is 383 g/mol. The van der Waals surface area contributed by atoms with E-state index >= 15 is 0 Å². The SMILES string of the molecule is Cc1ccc(CNC2CCSc3ccc(Cl)cc32)cc1Br. The van der Waals surface area contributed by atoms with E-state index in [1.54, 1.807) is 0 Å². The molecule has 0 saturated heterocycles. The van der Waals surface area contributed by atoms with Gasteiger partial charge in [0.25, 0.3) is 0 Å². The Labute approximate surface area is 143 Å². The Balaban J connectivity index is 1.74. The molecule has 0 saturated carbocycles. The summed E-state index contributed by atoms with van der Waals surface area (Å²) in [7, 11) is 0. The van der Waals surface area contributed by atoms with Gasteiger partial charge in [-0.3, -0.25) is 0 Å². The van der Waals surface area contributed by atoms with Gasteiger partial charge < -0.3 is 5.32 Å². The van der Waals surface area contributed by atoms with Crippen molar-refractivity contribution in [3.05, 3.63) is 62.6 Å². The number of hydrogen-bond acceptors (Lipinski definition) is 2. The van der Waals surface area contributed by atoms with Gasteiger partial charge in [0.1, 0.15) is 0 Å². The summed E-state index contributed by atoms with van der Waals surface area (Å²) in [5, 5.41) is 4.50. The van der Waals surface area contributed by atoms with E-state index in [2.05, 4.69) is 58.5 Å². The van der Waals surface area contributed by atoms with Crippen LogP contribution < -0.4 is 5.32 Å². The molecule has 1 heterocycles. The highest BCUT2D eigenvalue weighted by atomic mass is 79.9. The van der Waals surface area contributed by atoms with Crippen LogP contribution in [0.5, 0.6) is 0 Å². The van der Waals surface area contributed by atoms with Crippen LogP contribution in [-0.2, 0) is 6.54 Å². The molecule has 1 aliphatic heterocycles. The molecule has 2 aromatic rings. The largest absolute Gasteiger partial charge is 0.306 e. The van der Waals surface area contributed by atoms with E-state index in [1.807, 2.05) is 17.8 Å². The minimum atomic E-state index is 0.389. The maximum atomic E-state index is 6.15. The maximum absolute atomic E-state index is 6.15. The monoisotopic (exact) mass is 381 g/mol. The number of aryl methyl sites for hydroxylation is 1. The molecular formula is C17H17BrClNS. The molecule has 2 aromatic carbocycles. The van der Waals surface area contributed by atoms with Crippen LogP contribution in [0, 0.1) is 6.92 Å². The molecule has 0 aromatic heterocycles. The summed E-state index contributed by atoms with van der Waals surface area (Å²) < 4.78 is 1.17. The molecule has 21 heavy (non-hydrogen) atoms. The van der Waals surface area contributed by atoms with E-state index in [4.69, 9.17) is 11.6 Å². The normalized spacial score (nSPS) is 17.6. The predicted molar refractivity (Wildman–Crippen MR) is 95.3 cm³/mol. The fraction of sp³-hybridized carbons (Fsp3) is 0.294. The van der Waals surface area contributed by atoms with Crippen molar-refractivity contribution in [3.63, 3.8) is 0 Å². The van der Waals surface area contributed by atoms with E-state index in [9.17, 15) is 0 Å². The maximum Gasteiger partial charge on any atom is 0.0410 e. The minimum absolute atomic E-state index is 0.389. The van der Waals surface area contributed by atoms with Crippen molar-refractivity contribution in [2.24, 2.45) is 0 Å². The lowest BCUT2D eigenvalue weighted by Gasteiger charge is -2.26. The number of thioether (sulfide) groups is 1. The van der Waals surface area contributed by atoms with E-state index in [0.717, 1.165) is 23.7 Å². The summed E-state index contributed by atoms with van der Waals surface area (Å²) in [6, 6.07) is 13.1. The van der Waals surface area contributed by atoms with Crippen molar-refractivity contribution in [1.82, 2.24) is 5.32 Å². The molecule has 1 nitrogen and oxygen atoms in total. The van der Waals surface area contributed by atoms with Crippen LogP contribution in [-0.4, -0.2) is 5.75 Å². The van der Waals surface area contributed by atoms with Crippen LogP contribution in [0.15, 0.2) is 45.8 Å². The van der Waals surface area contributed by atoms with Crippen molar-refractivity contribution in [2.45, 2.75) is 30.8 Å². The number of nitrogens with one attached hydrogen (secondary N) is 1. The Morgan fingerprint density at radius 1 is 1.29 bits per heavy atom. The highest BCUT2D eigenvalue weighted by Crippen LogP contribution is 2.37. The van der Waals surface area contributed by atoms with Crippen molar-refractivity contribution in [3.8, 4) is 0 Å². The molecule has 0 fully saturated rings. The molecule has 1 atom stereocenters. The zero-order chi connectivity index (χ0) is 14.8. The van der Waals surface area contributed by atoms with E-state index in [1.165, 1.54) is 26.1 Å². The second-order valence-electron chi connectivity index (χ2n) is 5.34. The Morgan fingerprint density at radius 3 is 2.95 bits per heavy atom. The third-order valence-electron chi connectivity index (χ3n) is 3.80. The van der Waals surface area contributed by atoms with Crippen LogP contribution in [0.25, 0.3) is 0 Å². The number of hydrogen-bond donors (Lipinski definition) is 1. The number of benzene rings is 2. The highest BCUT2D eigenvalue weighted by molar-refractivity contribution is 9.10. The Bertz CT molecular complexity index is 659. The van der Waals surface area contributed by atoms with Crippen molar-refractivity contribution in [2.75, 3.05) is 5.75 Å². The first-order chi connectivity index (χ1) is 10.1. The van der Waals surface area contributed by atoms with Crippen molar-refractivity contribution in [1.29, 1.82) is 0 Å². The van der Waals surface area contributed by atoms with Gasteiger partial charge in [0.2, 0.25) is 0 Å². The van der Waals surface area contributed by atoms with Crippen molar-refractivity contribution < 1.29 is 0 Å². The van der Waals surface area contributed by atoms with Crippen molar-refractivity contribution >= 4 is 39.3 Å². The molecule has 110 valence electrons. The molecule has 0 radical (unpaired) electrons. The number of fused-ring (bicyclic) bond motifs is 1. The van der Waals surface area contributed by atoms with E-state index in [-0.39, 0.29) is 0 Å². The summed E-state index contributed by atoms with van der Waals surface area (Å²) in [5.41, 5.74) is 3.91. The molecule has 0 spiro atoms. The van der Waals surface area contributed by atoms with Gasteiger partial charge in [-0.1, -0.05) is 39.7 Å². The fourth-order valence-corrected chi connectivity index (χ4v) is 4.28. The lowest BCUT2D eigenvalue weighted by molar-refractivity contribution is 0.510. The molecule has 3 rings (SSSR count). The predicted octanol–water partition coefficient (Wildman–Crippen LogP) is 5.74. The molecule has 4 heteroatoms. The summed E-state index contributed by atoms with van der Waals surface area (Å²) in [6.07, 6.45) is 1.14. The van der Waals surface area contributed by atoms with Gasteiger partial charge in [0, 0.05) is 27.0 Å². The zero-order valence-corrected chi connectivity index (χ0v) is 15.0. The van der Waals surface area contributed by atoms with Gasteiger partial charge in [-0.05, 0) is 60.1 Å². The summed E-state index contributed by atoms with van der Waals surface area (Å²) >= 11 is 11.7. The molecule has 1 unspecified atom stereocenters. The lowest BCUT2D eigenvalue weighted by Crippen LogP contribution is -2.24. The van der Waals surface area contributed by atoms with Crippen LogP contribution >= 0.6 is 39.3 Å². The zero-order valence-electron chi connectivity index (χ0n) is 11.8. The number of rotatable bonds is 3. The first kappa shape index (κ1) is 15.4. The van der Waals surface area contributed by atoms with Crippen LogP contribution in [0.2, 0.25) is 5.02 Å². The first-order valence-electron chi connectivity index (χ1n) is 7.04. The second-order valence-corrected chi connectivity index (χ2v) is 7.76. The van der Waals surface area contributed by atoms with Crippen LogP contribution in [0.4, 0.5) is 0 Å². The standard InChI is InChI=1S/C17H17BrClNS/c1-11-2-3-12(8-15(11)18)10-20-16-6-7-21-17-5-4-13(19)9-14(16)17/h2-5,8-9,16,20H,6-7,10H2,1H3. The average Bonchev–Trinajstić information content (AvgIpc) is 2.48. The highest BCUT2D eigenvalue weighted by Gasteiger charge is 2.20. The Hall–Kier alpha value is -0.480. The van der Waals surface area contributed by atoms with Gasteiger partial charge in [-0.2, -0.15) is 0 Å². The lowest BCUT2D eigenvalue weighted by atomic mass is 10.0. The van der Waals surface area contributed by atoms with Gasteiger partial charge in [-0.15, -0.1) is 11.8 Å². The summed E-state index contributed by atoms with van der Waals surface area (Å²) in [6.45, 7) is 2.98. The summed E-state index contributed by atoms with van der Waals surface area (Å²) in [5.74, 6) is 1.16. The van der Waals surface area contributed by atoms with Gasteiger partial charge in [-0.25, -0.2) is 0 Å². The quantitative estimate of drug-likeness (QED) is 0.726. The topological polar surface area (TPSA) is 12.0 Å². The molecule has 0 bridgehead atoms. The molecule has 0 amide bonds. The molecule has 0 aliphatic carbocycles. The Kier molecular flexibility index (Phi) is 4.95. The van der Waals surface area contributed by atoms with Gasteiger partial charge in [0.05, 0.1) is 0 Å². The van der Waals surface area contributed by atoms with E-state index in [0.29, 0.717) is 6.04 Å². The second kappa shape index (κ2) is 6.74.